The number of hydrogen-bond acceptors (Lipinski definition) is 3. The minimum absolute atomic E-state index is 0.547. The Kier molecular flexibility index (Phi) is 5.47. The molecule has 0 aliphatic heterocycles. The second kappa shape index (κ2) is 6.65. The van der Waals surface area contributed by atoms with Gasteiger partial charge in [0, 0.05) is 24.7 Å². The highest BCUT2D eigenvalue weighted by Crippen LogP contribution is 2.22. The van der Waals surface area contributed by atoms with Crippen LogP contribution < -0.4 is 10.5 Å². The van der Waals surface area contributed by atoms with Crippen LogP contribution in [0, 0.1) is 0 Å². The number of nitrogens with zero attached hydrogens (tertiary/aromatic N) is 1. The lowest BCUT2D eigenvalue weighted by atomic mass is 10.00. The molecule has 0 heterocycles. The van der Waals surface area contributed by atoms with E-state index < -0.39 is 9.71 Å². The Morgan fingerprint density at radius 2 is 2.26 bits per heavy atom. The van der Waals surface area contributed by atoms with Crippen molar-refractivity contribution in [1.29, 1.82) is 0 Å². The van der Waals surface area contributed by atoms with Gasteiger partial charge < -0.3 is 5.32 Å². The van der Waals surface area contributed by atoms with E-state index in [4.69, 9.17) is 5.14 Å². The Hall–Kier alpha value is -1.43. The molecule has 5 heteroatoms. The van der Waals surface area contributed by atoms with Crippen LogP contribution in [0.25, 0.3) is 5.57 Å². The zero-order valence-electron chi connectivity index (χ0n) is 11.6. The molecule has 3 N–H and O–H groups in total. The lowest BCUT2D eigenvalue weighted by Gasteiger charge is -2.13. The molecule has 1 atom stereocenters. The first-order valence-corrected chi connectivity index (χ1v) is 7.74. The van der Waals surface area contributed by atoms with Crippen LogP contribution in [-0.4, -0.2) is 30.4 Å². The molecule has 0 aliphatic rings. The van der Waals surface area contributed by atoms with Crippen molar-refractivity contribution in [2.45, 2.75) is 18.4 Å². The van der Waals surface area contributed by atoms with Gasteiger partial charge in [-0.15, -0.1) is 0 Å². The van der Waals surface area contributed by atoms with Crippen molar-refractivity contribution in [3.05, 3.63) is 35.4 Å². The molecule has 104 valence electrons. The molecule has 1 rings (SSSR count). The van der Waals surface area contributed by atoms with E-state index >= 15 is 0 Å². The molecule has 1 aromatic rings. The van der Waals surface area contributed by atoms with Gasteiger partial charge in [0.05, 0.1) is 9.71 Å². The monoisotopic (exact) mass is 279 g/mol. The van der Waals surface area contributed by atoms with Crippen LogP contribution in [0.1, 0.15) is 18.1 Å². The van der Waals surface area contributed by atoms with E-state index in [0.29, 0.717) is 11.4 Å². The van der Waals surface area contributed by atoms with E-state index in [1.807, 2.05) is 32.2 Å². The molecule has 4 nitrogen and oxygen atoms in total. The van der Waals surface area contributed by atoms with Crippen LogP contribution in [0.3, 0.4) is 0 Å². The summed E-state index contributed by atoms with van der Waals surface area (Å²) >= 11 is 0. The largest absolute Gasteiger partial charge is 0.316 e. The van der Waals surface area contributed by atoms with E-state index in [9.17, 15) is 4.21 Å². The molecule has 0 aromatic heterocycles. The minimum atomic E-state index is -2.71. The Morgan fingerprint density at radius 1 is 1.58 bits per heavy atom. The van der Waals surface area contributed by atoms with Crippen LogP contribution in [0.2, 0.25) is 0 Å². The second-order valence-corrected chi connectivity index (χ2v) is 6.13. The van der Waals surface area contributed by atoms with E-state index in [0.717, 1.165) is 16.7 Å². The van der Waals surface area contributed by atoms with Gasteiger partial charge >= 0.3 is 0 Å². The molecule has 0 aliphatic carbocycles. The number of nitrogens with one attached hydrogen (secondary N) is 1. The van der Waals surface area contributed by atoms with Gasteiger partial charge in [0.1, 0.15) is 0 Å². The maximum Gasteiger partial charge on any atom is 0.0508 e. The summed E-state index contributed by atoms with van der Waals surface area (Å²) in [5.74, 6) is 3.53. The third-order valence-corrected chi connectivity index (χ3v) is 3.79. The summed E-state index contributed by atoms with van der Waals surface area (Å²) in [6.45, 7) is 2.66. The number of allylic oxidation sites excluding steroid dienone is 2. The summed E-state index contributed by atoms with van der Waals surface area (Å²) in [5, 5.41) is 8.73. The molecule has 0 fully saturated rings. The summed E-state index contributed by atoms with van der Waals surface area (Å²) in [6.07, 6.45) is 3.74. The molecule has 1 unspecified atom stereocenters. The maximum atomic E-state index is 11.9. The first kappa shape index (κ1) is 15.6. The van der Waals surface area contributed by atoms with E-state index in [2.05, 4.69) is 16.2 Å². The van der Waals surface area contributed by atoms with Crippen molar-refractivity contribution in [2.75, 3.05) is 14.1 Å². The third-order valence-electron chi connectivity index (χ3n) is 2.74. The first-order valence-electron chi connectivity index (χ1n) is 5.95. The average molecular weight is 279 g/mol. The van der Waals surface area contributed by atoms with Crippen molar-refractivity contribution in [2.24, 2.45) is 10.1 Å². The van der Waals surface area contributed by atoms with Crippen molar-refractivity contribution in [3.63, 3.8) is 0 Å². The van der Waals surface area contributed by atoms with Crippen molar-refractivity contribution < 1.29 is 4.21 Å². The Morgan fingerprint density at radius 3 is 2.74 bits per heavy atom. The van der Waals surface area contributed by atoms with Crippen LogP contribution in [-0.2, 0) is 16.3 Å². The van der Waals surface area contributed by atoms with Gasteiger partial charge in [-0.25, -0.2) is 4.21 Å². The topological polar surface area (TPSA) is 67.5 Å². The highest BCUT2D eigenvalue weighted by molar-refractivity contribution is 7.98. The molecular weight excluding hydrogens is 258 g/mol. The van der Waals surface area contributed by atoms with Gasteiger partial charge in [-0.05, 0) is 48.7 Å². The Balaban J connectivity index is 3.47. The van der Waals surface area contributed by atoms with Crippen molar-refractivity contribution in [3.8, 4) is 0 Å². The normalized spacial score (nSPS) is 15.7. The smallest absolute Gasteiger partial charge is 0.0508 e. The molecule has 0 saturated carbocycles. The number of aliphatic imine (C=N–C) groups is 1. The molecule has 0 spiro atoms. The van der Waals surface area contributed by atoms with Gasteiger partial charge in [-0.3, -0.25) is 10.1 Å². The summed E-state index contributed by atoms with van der Waals surface area (Å²) in [5.41, 5.74) is 3.04. The van der Waals surface area contributed by atoms with Crippen LogP contribution in [0.5, 0.6) is 0 Å². The summed E-state index contributed by atoms with van der Waals surface area (Å²) in [4.78, 5) is 4.59. The maximum absolute atomic E-state index is 11.9. The highest BCUT2D eigenvalue weighted by Gasteiger charge is 2.10. The van der Waals surface area contributed by atoms with Crippen molar-refractivity contribution >= 4 is 27.4 Å². The lowest BCUT2D eigenvalue weighted by molar-refractivity contribution is 0.682. The summed E-state index contributed by atoms with van der Waals surface area (Å²) in [6, 6.07) is 5.52. The molecule has 1 aromatic carbocycles. The number of rotatable bonds is 5. The SMILES string of the molecule is C=S(N)(=O)c1ccc(CNC)c(/C(C=NC)=C/C)c1. The average Bonchev–Trinajstić information content (AvgIpc) is 2.36. The molecular formula is C14H21N3OS. The standard InChI is InChI=1S/C14H21N3OS/c1-5-11(9-16-2)14-8-13(19(4,15)18)7-6-12(14)10-17-3/h5-9,17H,4,10H2,1-3H3,(H2,15,18)/b11-5+,16-9?. The van der Waals surface area contributed by atoms with Crippen LogP contribution >= 0.6 is 0 Å². The first-order chi connectivity index (χ1) is 8.93. The van der Waals surface area contributed by atoms with E-state index in [1.165, 1.54) is 0 Å². The van der Waals surface area contributed by atoms with E-state index in [-0.39, 0.29) is 0 Å². The Labute approximate surface area is 115 Å². The van der Waals surface area contributed by atoms with E-state index in [1.54, 1.807) is 19.3 Å². The molecule has 0 amide bonds. The fourth-order valence-electron chi connectivity index (χ4n) is 1.82. The van der Waals surface area contributed by atoms with Gasteiger partial charge in [-0.2, -0.15) is 0 Å². The quantitative estimate of drug-likeness (QED) is 0.633. The van der Waals surface area contributed by atoms with Gasteiger partial charge in [-0.1, -0.05) is 12.1 Å². The highest BCUT2D eigenvalue weighted by atomic mass is 32.2. The van der Waals surface area contributed by atoms with Crippen molar-refractivity contribution in [1.82, 2.24) is 5.32 Å². The predicted molar refractivity (Wildman–Crippen MR) is 85.0 cm³/mol. The second-order valence-electron chi connectivity index (χ2n) is 4.21. The minimum Gasteiger partial charge on any atom is -0.316 e. The fraction of sp³-hybridized carbons (Fsp3) is 0.286. The van der Waals surface area contributed by atoms with Gasteiger partial charge in [0.2, 0.25) is 0 Å². The zero-order chi connectivity index (χ0) is 14.5. The van der Waals surface area contributed by atoms with Crippen LogP contribution in [0.4, 0.5) is 0 Å². The molecule has 19 heavy (non-hydrogen) atoms. The van der Waals surface area contributed by atoms with Crippen LogP contribution in [0.15, 0.2) is 34.2 Å². The molecule has 0 bridgehead atoms. The zero-order valence-corrected chi connectivity index (χ0v) is 12.5. The van der Waals surface area contributed by atoms with Gasteiger partial charge in [0.15, 0.2) is 0 Å². The number of hydrogen-bond donors (Lipinski definition) is 2. The number of nitrogens with two attached hydrogens (primary N) is 1. The number of benzene rings is 1. The fourth-order valence-corrected chi connectivity index (χ4v) is 2.44. The Bertz CT molecular complexity index is 601. The predicted octanol–water partition coefficient (Wildman–Crippen LogP) is 1.46. The summed E-state index contributed by atoms with van der Waals surface area (Å²) < 4.78 is 11.9. The molecule has 0 saturated heterocycles. The third kappa shape index (κ3) is 4.02. The summed E-state index contributed by atoms with van der Waals surface area (Å²) in [7, 11) is 0.898. The molecule has 0 radical (unpaired) electrons. The van der Waals surface area contributed by atoms with Gasteiger partial charge in [0.25, 0.3) is 0 Å². The lowest BCUT2D eigenvalue weighted by Crippen LogP contribution is -2.14.